The van der Waals surface area contributed by atoms with Crippen molar-refractivity contribution in [2.24, 2.45) is 33.8 Å². The molecule has 0 radical (unpaired) electrons. The first kappa shape index (κ1) is 134. The average molecular weight is 2350 g/mol. The van der Waals surface area contributed by atoms with Crippen LogP contribution in [-0.2, 0) is 91.8 Å². The number of hydrogen-bond acceptors (Lipinski definition) is 17. The maximum atomic E-state index is 13.9. The molecule has 7 amide bonds. The maximum Gasteiger partial charge on any atom is 0.426 e. The Balaban J connectivity index is 0.000000388. The summed E-state index contributed by atoms with van der Waals surface area (Å²) in [5, 5.41) is 23.6. The Morgan fingerprint density at radius 2 is 0.728 bits per heavy atom. The molecule has 0 bridgehead atoms. The molecule has 2 aliphatic carbocycles. The second-order valence-corrected chi connectivity index (χ2v) is 55.9. The summed E-state index contributed by atoms with van der Waals surface area (Å²) in [6, 6.07) is 14.3. The molecule has 16 atom stereocenters. The van der Waals surface area contributed by atoms with Gasteiger partial charge in [-0.2, -0.15) is 65.9 Å². The predicted molar refractivity (Wildman–Crippen MR) is 576 cm³/mol. The van der Waals surface area contributed by atoms with Crippen LogP contribution in [-0.4, -0.2) is 194 Å². The van der Waals surface area contributed by atoms with Crippen LogP contribution in [0.5, 0.6) is 0 Å². The van der Waals surface area contributed by atoms with Gasteiger partial charge in [0.2, 0.25) is 23.6 Å². The molecule has 4 aliphatic rings. The van der Waals surface area contributed by atoms with Gasteiger partial charge in [0.25, 0.3) is 0 Å². The normalized spacial score (nSPS) is 17.7. The van der Waals surface area contributed by atoms with Gasteiger partial charge in [-0.05, 0) is 324 Å². The summed E-state index contributed by atoms with van der Waals surface area (Å²) in [6.07, 6.45) is -12.8. The molecule has 0 spiro atoms. The lowest BCUT2D eigenvalue weighted by atomic mass is 9.83. The highest BCUT2D eigenvalue weighted by molar-refractivity contribution is 8.13. The molecule has 5 aromatic carbocycles. The van der Waals surface area contributed by atoms with Crippen molar-refractivity contribution < 1.29 is 114 Å². The Hall–Kier alpha value is -4.94. The molecule has 2 saturated heterocycles. The minimum Gasteiger partial charge on any atom is -0.444 e. The van der Waals surface area contributed by atoms with Gasteiger partial charge in [0.15, 0.2) is 0 Å². The fraction of sp³-hybridized carbons (Fsp3) is 0.600. The number of likely N-dealkylation sites (tertiary alicyclic amines) is 2. The fourth-order valence-corrected chi connectivity index (χ4v) is 21.1. The van der Waals surface area contributed by atoms with Crippen LogP contribution in [0.1, 0.15) is 208 Å². The maximum absolute atomic E-state index is 13.9. The van der Waals surface area contributed by atoms with Crippen molar-refractivity contribution in [2.75, 3.05) is 39.7 Å². The molecule has 2 aliphatic heterocycles. The Morgan fingerprint density at radius 1 is 0.415 bits per heavy atom. The first-order valence-electron chi connectivity index (χ1n) is 47.1. The molecule has 4 fully saturated rings. The Morgan fingerprint density at radius 3 is 1.05 bits per heavy atom. The second kappa shape index (κ2) is 62.7. The molecule has 9 rings (SSSR count). The molecule has 5 aromatic rings. The van der Waals surface area contributed by atoms with Crippen LogP contribution >= 0.6 is 125 Å². The molecule has 24 nitrogen and oxygen atoms in total. The molecular weight excluding hydrogens is 2210 g/mol. The van der Waals surface area contributed by atoms with Gasteiger partial charge in [-0.25, -0.2) is 14.4 Å². The molecule has 2 heterocycles. The zero-order valence-corrected chi connectivity index (χ0v) is 96.5. The summed E-state index contributed by atoms with van der Waals surface area (Å²) < 4.78 is 211. The lowest BCUT2D eigenvalue weighted by Crippen LogP contribution is -2.56. The quantitative estimate of drug-likeness (QED) is 0.00850. The van der Waals surface area contributed by atoms with Gasteiger partial charge >= 0.3 is 49.2 Å². The lowest BCUT2D eigenvalue weighted by Gasteiger charge is -2.35. The second-order valence-electron chi connectivity index (χ2n) is 38.7. The molecule has 830 valence electrons. The Labute approximate surface area is 891 Å². The molecule has 2 saturated carbocycles. The average Bonchev–Trinajstić information content (AvgIpc) is 1.68. The number of hydrogen-bond donors (Lipinski definition) is 11. The smallest absolute Gasteiger partial charge is 0.426 e. The zero-order valence-electron chi connectivity index (χ0n) is 84.5. The summed E-state index contributed by atoms with van der Waals surface area (Å²) in [4.78, 5) is 92.3. The number of amides is 7. The number of aryl methyl sites for hydroxylation is 1. The highest BCUT2D eigenvalue weighted by atomic mass is 35.5. The minimum absolute atomic E-state index is 0.00743. The molecule has 14 N–H and O–H groups in total. The summed E-state index contributed by atoms with van der Waals surface area (Å²) in [7, 11) is 5.35. The van der Waals surface area contributed by atoms with E-state index in [1.54, 1.807) is 116 Å². The number of halogens is 20. The number of nitrogens with two attached hydrogens (primary N) is 3. The monoisotopic (exact) mass is 2340 g/mol. The molecule has 147 heavy (non-hydrogen) atoms. The van der Waals surface area contributed by atoms with Crippen LogP contribution in [0.15, 0.2) is 95.8 Å². The van der Waals surface area contributed by atoms with Crippen molar-refractivity contribution in [3.63, 3.8) is 0 Å². The van der Waals surface area contributed by atoms with Gasteiger partial charge in [-0.1, -0.05) is 163 Å². The van der Waals surface area contributed by atoms with E-state index in [9.17, 15) is 99.4 Å². The van der Waals surface area contributed by atoms with E-state index in [0.29, 0.717) is 115 Å². The van der Waals surface area contributed by atoms with E-state index < -0.39 is 158 Å². The van der Waals surface area contributed by atoms with Gasteiger partial charge in [-0.3, -0.25) is 39.2 Å². The SMILES string of the molecule is CP(P)N=CC(F)(F)F.CP(P)NC(Cc1ccc(Cl)cc1CN)C(F)(F)F.CP(P)NC(Cc1ccc(Cl)cc1CNC(=O)OC(C)(C)C)C(F)(F)F.CP(P)NC(Cc1ccc(Cl)cc1CNC(=O)[C@@H]1CCCN1C(=O)[C@H](NC(=O)OC(C)(C)C)C1CCCCC1)C(F)(F)F.Cc1ccc(Cl)cc1CNC(=O)OC(C)(C)C.NC(Cc1ccc(Cl)cc1CNC(=O)[C@@H]1CCCN1C(=O)[C@H](N)C1CCCCC1)C(F)(F)F. The third kappa shape index (κ3) is 52.9. The van der Waals surface area contributed by atoms with Crippen LogP contribution in [0.25, 0.3) is 0 Å². The Kier molecular flexibility index (Phi) is 57.3. The van der Waals surface area contributed by atoms with Gasteiger partial charge in [0.05, 0.1) is 6.04 Å². The number of alkyl carbamates (subject to hydrolysis) is 3. The fourth-order valence-electron chi connectivity index (χ4n) is 15.8. The van der Waals surface area contributed by atoms with E-state index in [1.165, 1.54) is 35.2 Å². The molecule has 12 unspecified atom stereocenters. The number of alkyl halides is 15. The van der Waals surface area contributed by atoms with E-state index in [2.05, 4.69) is 82.3 Å². The first-order chi connectivity index (χ1) is 67.8. The van der Waals surface area contributed by atoms with Crippen LogP contribution in [0.3, 0.4) is 0 Å². The highest BCUT2D eigenvalue weighted by Crippen LogP contribution is 2.44. The number of carbonyl (C=O) groups excluding carboxylic acids is 7. The molecular formula is C95H140Cl5F15N14O10P8. The van der Waals surface area contributed by atoms with E-state index in [-0.39, 0.29) is 81.2 Å². The summed E-state index contributed by atoms with van der Waals surface area (Å²) >= 11 is 29.9. The van der Waals surface area contributed by atoms with Crippen molar-refractivity contribution in [3.05, 3.63) is 172 Å². The van der Waals surface area contributed by atoms with E-state index in [1.807, 2.05) is 45.9 Å². The first-order valence-corrected chi connectivity index (χ1v) is 62.6. The number of benzene rings is 5. The highest BCUT2D eigenvalue weighted by Gasteiger charge is 2.47. The summed E-state index contributed by atoms with van der Waals surface area (Å²) in [6.45, 7) is 26.0. The van der Waals surface area contributed by atoms with Gasteiger partial charge in [-0.15, -0.1) is 0 Å². The summed E-state index contributed by atoms with van der Waals surface area (Å²) in [5.74, 6) is -1.17. The predicted octanol–water partition coefficient (Wildman–Crippen LogP) is 24.6. The number of carbonyl (C=O) groups is 7. The third-order valence-electron chi connectivity index (χ3n) is 22.7. The van der Waals surface area contributed by atoms with E-state index in [0.717, 1.165) is 75.3 Å². The van der Waals surface area contributed by atoms with E-state index in [4.69, 9.17) is 89.4 Å². The van der Waals surface area contributed by atoms with E-state index >= 15 is 0 Å². The van der Waals surface area contributed by atoms with Crippen LogP contribution in [0, 0.1) is 18.8 Å². The van der Waals surface area contributed by atoms with Gasteiger partial charge in [0, 0.05) is 78.7 Å². The third-order valence-corrected chi connectivity index (χ3v) is 28.3. The van der Waals surface area contributed by atoms with Crippen molar-refractivity contribution in [1.82, 2.24) is 51.6 Å². The number of nitrogens with zero attached hydrogens (tertiary/aromatic N) is 3. The van der Waals surface area contributed by atoms with Crippen LogP contribution < -0.4 is 59.0 Å². The van der Waals surface area contributed by atoms with Gasteiger partial charge < -0.3 is 67.8 Å². The largest absolute Gasteiger partial charge is 0.444 e. The lowest BCUT2D eigenvalue weighted by molar-refractivity contribution is -0.151. The number of ether oxygens (including phenoxy) is 3. The van der Waals surface area contributed by atoms with Crippen LogP contribution in [0.4, 0.5) is 80.2 Å². The molecule has 52 heteroatoms. The van der Waals surface area contributed by atoms with Crippen LogP contribution in [0.2, 0.25) is 25.1 Å². The Bertz CT molecular complexity index is 5030. The number of nitrogens with one attached hydrogen (secondary N) is 8. The number of rotatable bonds is 31. The zero-order chi connectivity index (χ0) is 111. The minimum atomic E-state index is -4.53. The van der Waals surface area contributed by atoms with Crippen molar-refractivity contribution in [2.45, 2.75) is 314 Å². The van der Waals surface area contributed by atoms with Gasteiger partial charge in [0.1, 0.15) is 65.3 Å². The van der Waals surface area contributed by atoms with Crippen molar-refractivity contribution in [1.29, 1.82) is 0 Å². The van der Waals surface area contributed by atoms with Crippen molar-refractivity contribution >= 4 is 173 Å². The summed E-state index contributed by atoms with van der Waals surface area (Å²) in [5.41, 5.74) is 21.2. The molecule has 0 aromatic heterocycles. The topological polar surface area (TPSA) is 340 Å². The standard InChI is InChI=1S/C29H44ClF3N4O4P2.C23H32ClF3N4O2.C16H24ClF3N2O2P2.C13H18ClNO2.C11H16ClF3N2P2.C3H6F3NP2/c1-28(2,3)41-27(40)35-24(18-9-6-5-7-10-18)26(39)37-14-8-11-22(37)25(38)34-17-20-15-21(30)13-12-19(20)16-23(29(31,32)33)36-43(4)42;24-17-9-8-15(12-19(28)23(25,26)27)16(11-17)13-30-21(32)18-7-4-10-31(18)22(33)20(29)14-5-2-1-3-6-14;1-15(2,3)24-14(23)21-9-11-7-12(17)6-5-10(11)8-13(16(18,19)20)22-26(4)25;1-9-5-6-11(14)7-10(9)8-15-12(16)17-13(2,3)4;1-19(18)17-10(11(13,14)15)5-7-2-3-9(12)4-8(7)6-16;1-9(8)7-2-3(4,5)6/h12-13,15,18,22-24,36H,5-11,14,16-17,42H2,1-4H3,(H,34,38)(H,35,40);8-9,11,14,18-20H,1-7,10,12-13,28-29H2,(H,30,32);5-7,13,22H,8-9,25H2,1-4H3,(H,21,23);5-7H,8H2,1-4H3,(H,15,16);2-4,10,17H,5-6,16,18H2,1H3;2H,8H2,1H3/t22-,23?,24+,43?;18-,19?,20+;;;;/m00..../s1. The van der Waals surface area contributed by atoms with Crippen molar-refractivity contribution in [3.8, 4) is 0 Å².